The number of nitrogens with one attached hydrogen (secondary N) is 1. The van der Waals surface area contributed by atoms with E-state index in [1.54, 1.807) is 4.57 Å². The Morgan fingerprint density at radius 3 is 2.67 bits per heavy atom. The number of hydrogen-bond acceptors (Lipinski definition) is 4. The normalized spacial score (nSPS) is 12.2. The summed E-state index contributed by atoms with van der Waals surface area (Å²) in [4.78, 5) is 22.3. The smallest absolute Gasteiger partial charge is 0.328 e. The van der Waals surface area contributed by atoms with E-state index in [-0.39, 0.29) is 11.2 Å². The number of aromatic amines is 1. The van der Waals surface area contributed by atoms with E-state index in [0.717, 1.165) is 0 Å². The first-order valence-electron chi connectivity index (χ1n) is 4.63. The van der Waals surface area contributed by atoms with Crippen LogP contribution in [-0.2, 0) is 5.54 Å². The van der Waals surface area contributed by atoms with Gasteiger partial charge in [0.05, 0.1) is 0 Å². The number of fused-ring (bicyclic) bond motifs is 1. The van der Waals surface area contributed by atoms with Gasteiger partial charge in [0, 0.05) is 5.54 Å². The molecule has 0 aliphatic heterocycles. The number of rotatable bonds is 0. The van der Waals surface area contributed by atoms with Crippen molar-refractivity contribution in [3.63, 3.8) is 0 Å². The molecule has 80 valence electrons. The van der Waals surface area contributed by atoms with E-state index in [9.17, 15) is 4.79 Å². The summed E-state index contributed by atoms with van der Waals surface area (Å²) < 4.78 is 1.57. The van der Waals surface area contributed by atoms with Gasteiger partial charge in [-0.1, -0.05) is 0 Å². The highest BCUT2D eigenvalue weighted by Crippen LogP contribution is 2.19. The zero-order valence-corrected chi connectivity index (χ0v) is 8.90. The summed E-state index contributed by atoms with van der Waals surface area (Å²) in [5.74, 6) is 0.292. The molecule has 0 amide bonds. The van der Waals surface area contributed by atoms with Crippen LogP contribution in [-0.4, -0.2) is 19.5 Å². The Balaban J connectivity index is 2.92. The number of nitrogen functional groups attached to an aromatic ring is 1. The van der Waals surface area contributed by atoms with E-state index in [0.29, 0.717) is 17.0 Å². The zero-order valence-electron chi connectivity index (χ0n) is 8.90. The average molecular weight is 207 g/mol. The monoisotopic (exact) mass is 207 g/mol. The Kier molecular flexibility index (Phi) is 1.82. The van der Waals surface area contributed by atoms with Crippen molar-refractivity contribution in [1.82, 2.24) is 19.5 Å². The molecule has 2 aromatic rings. The maximum Gasteiger partial charge on any atom is 0.328 e. The molecule has 0 spiro atoms. The van der Waals surface area contributed by atoms with E-state index in [1.807, 2.05) is 20.8 Å². The van der Waals surface area contributed by atoms with Gasteiger partial charge in [0.1, 0.15) is 11.8 Å². The van der Waals surface area contributed by atoms with Gasteiger partial charge in [0.15, 0.2) is 11.5 Å². The van der Waals surface area contributed by atoms with Gasteiger partial charge in [-0.3, -0.25) is 4.57 Å². The molecule has 0 aromatic carbocycles. The van der Waals surface area contributed by atoms with Gasteiger partial charge >= 0.3 is 5.69 Å². The molecule has 2 heterocycles. The molecule has 0 aliphatic carbocycles. The second-order valence-electron chi connectivity index (χ2n) is 4.39. The Morgan fingerprint density at radius 2 is 2.07 bits per heavy atom. The second kappa shape index (κ2) is 2.82. The third kappa shape index (κ3) is 1.38. The molecule has 15 heavy (non-hydrogen) atoms. The van der Waals surface area contributed by atoms with Gasteiger partial charge in [0.25, 0.3) is 0 Å². The lowest BCUT2D eigenvalue weighted by Gasteiger charge is -2.19. The molecule has 0 unspecified atom stereocenters. The number of hydrogen-bond donors (Lipinski definition) is 2. The first-order chi connectivity index (χ1) is 6.91. The van der Waals surface area contributed by atoms with Gasteiger partial charge in [0.2, 0.25) is 0 Å². The zero-order chi connectivity index (χ0) is 11.2. The van der Waals surface area contributed by atoms with Crippen molar-refractivity contribution >= 4 is 17.0 Å². The topological polar surface area (TPSA) is 89.6 Å². The lowest BCUT2D eigenvalue weighted by Crippen LogP contribution is -2.32. The second-order valence-corrected chi connectivity index (χ2v) is 4.39. The highest BCUT2D eigenvalue weighted by molar-refractivity contribution is 5.81. The number of H-pyrrole nitrogens is 1. The molecule has 3 N–H and O–H groups in total. The van der Waals surface area contributed by atoms with Crippen LogP contribution >= 0.6 is 0 Å². The number of aromatic nitrogens is 4. The Morgan fingerprint density at radius 1 is 1.40 bits per heavy atom. The van der Waals surface area contributed by atoms with E-state index < -0.39 is 0 Å². The number of anilines is 1. The van der Waals surface area contributed by atoms with Crippen LogP contribution in [0.1, 0.15) is 20.8 Å². The Bertz CT molecular complexity index is 560. The molecule has 0 bridgehead atoms. The Labute approximate surface area is 86.2 Å². The maximum absolute atomic E-state index is 11.7. The van der Waals surface area contributed by atoms with Crippen molar-refractivity contribution in [2.45, 2.75) is 26.3 Å². The highest BCUT2D eigenvalue weighted by atomic mass is 16.1. The Hall–Kier alpha value is -1.85. The predicted octanol–water partition coefficient (Wildman–Crippen LogP) is 0.457. The fourth-order valence-electron chi connectivity index (χ4n) is 1.56. The van der Waals surface area contributed by atoms with Crippen LogP contribution in [0.4, 0.5) is 5.82 Å². The van der Waals surface area contributed by atoms with E-state index in [2.05, 4.69) is 15.0 Å². The maximum atomic E-state index is 11.7. The molecule has 6 heteroatoms. The average Bonchev–Trinajstić information content (AvgIpc) is 2.41. The number of nitrogens with two attached hydrogens (primary N) is 1. The third-order valence-corrected chi connectivity index (χ3v) is 2.17. The van der Waals surface area contributed by atoms with Gasteiger partial charge < -0.3 is 10.7 Å². The minimum absolute atomic E-state index is 0.218. The third-order valence-electron chi connectivity index (χ3n) is 2.17. The quantitative estimate of drug-likeness (QED) is 0.656. The molecule has 0 aliphatic rings. The number of nitrogens with zero attached hydrogens (tertiary/aromatic N) is 3. The molecule has 2 rings (SSSR count). The van der Waals surface area contributed by atoms with Gasteiger partial charge in [-0.15, -0.1) is 0 Å². The summed E-state index contributed by atoms with van der Waals surface area (Å²) >= 11 is 0. The fraction of sp³-hybridized carbons (Fsp3) is 0.444. The SMILES string of the molecule is CC(C)(C)n1c(=O)[nH]c2c(N)ncnc21. The summed E-state index contributed by atoms with van der Waals surface area (Å²) in [6, 6.07) is 0. The van der Waals surface area contributed by atoms with Crippen LogP contribution < -0.4 is 11.4 Å². The first kappa shape index (κ1) is 9.70. The molecule has 2 aromatic heterocycles. The lowest BCUT2D eigenvalue weighted by atomic mass is 10.1. The minimum Gasteiger partial charge on any atom is -0.382 e. The summed E-state index contributed by atoms with van der Waals surface area (Å²) in [6.07, 6.45) is 1.35. The molecular weight excluding hydrogens is 194 g/mol. The lowest BCUT2D eigenvalue weighted by molar-refractivity contribution is 0.395. The van der Waals surface area contributed by atoms with E-state index in [4.69, 9.17) is 5.73 Å². The molecular formula is C9H13N5O. The molecule has 6 nitrogen and oxygen atoms in total. The number of imidazole rings is 1. The van der Waals surface area contributed by atoms with Gasteiger partial charge in [-0.05, 0) is 20.8 Å². The van der Waals surface area contributed by atoms with Crippen molar-refractivity contribution in [3.05, 3.63) is 16.8 Å². The summed E-state index contributed by atoms with van der Waals surface area (Å²) in [5, 5.41) is 0. The minimum atomic E-state index is -0.337. The molecule has 0 saturated heterocycles. The molecule has 0 fully saturated rings. The van der Waals surface area contributed by atoms with Crippen molar-refractivity contribution in [1.29, 1.82) is 0 Å². The van der Waals surface area contributed by atoms with Crippen LogP contribution in [0, 0.1) is 0 Å². The van der Waals surface area contributed by atoms with Crippen molar-refractivity contribution in [3.8, 4) is 0 Å². The van der Waals surface area contributed by atoms with Crippen LogP contribution in [0.2, 0.25) is 0 Å². The largest absolute Gasteiger partial charge is 0.382 e. The predicted molar refractivity (Wildman–Crippen MR) is 57.6 cm³/mol. The van der Waals surface area contributed by atoms with Crippen molar-refractivity contribution < 1.29 is 0 Å². The standard InChI is InChI=1S/C9H13N5O/c1-9(2,3)14-7-5(13-8(14)15)6(10)11-4-12-7/h4H,1-3H3,(H,13,15)(H2,10,11,12). The van der Waals surface area contributed by atoms with Crippen molar-refractivity contribution in [2.75, 3.05) is 5.73 Å². The van der Waals surface area contributed by atoms with Crippen LogP contribution in [0.15, 0.2) is 11.1 Å². The van der Waals surface area contributed by atoms with Gasteiger partial charge in [-0.2, -0.15) is 0 Å². The first-order valence-corrected chi connectivity index (χ1v) is 4.63. The van der Waals surface area contributed by atoms with Crippen LogP contribution in [0.25, 0.3) is 11.2 Å². The fourth-order valence-corrected chi connectivity index (χ4v) is 1.56. The van der Waals surface area contributed by atoms with E-state index >= 15 is 0 Å². The van der Waals surface area contributed by atoms with Crippen molar-refractivity contribution in [2.24, 2.45) is 0 Å². The molecule has 0 radical (unpaired) electrons. The van der Waals surface area contributed by atoms with E-state index in [1.165, 1.54) is 6.33 Å². The summed E-state index contributed by atoms with van der Waals surface area (Å²) in [7, 11) is 0. The van der Waals surface area contributed by atoms with Crippen LogP contribution in [0.5, 0.6) is 0 Å². The summed E-state index contributed by atoms with van der Waals surface area (Å²) in [6.45, 7) is 5.79. The molecule has 0 atom stereocenters. The van der Waals surface area contributed by atoms with Crippen LogP contribution in [0.3, 0.4) is 0 Å². The molecule has 0 saturated carbocycles. The summed E-state index contributed by atoms with van der Waals surface area (Å²) in [5.41, 5.74) is 6.13. The highest BCUT2D eigenvalue weighted by Gasteiger charge is 2.21. The van der Waals surface area contributed by atoms with Gasteiger partial charge in [-0.25, -0.2) is 14.8 Å².